The Morgan fingerprint density at radius 1 is 1.19 bits per heavy atom. The van der Waals surface area contributed by atoms with Crippen LogP contribution in [-0.2, 0) is 14.3 Å². The Labute approximate surface area is 120 Å². The van der Waals surface area contributed by atoms with Crippen molar-refractivity contribution < 1.29 is 14.3 Å². The number of ether oxygens (including phenoxy) is 1. The Morgan fingerprint density at radius 3 is 2.67 bits per heavy atom. The fourth-order valence-corrected chi connectivity index (χ4v) is 2.26. The second-order valence-electron chi connectivity index (χ2n) is 4.62. The molecule has 2 aromatic rings. The highest BCUT2D eigenvalue weighted by molar-refractivity contribution is 6.01. The van der Waals surface area contributed by atoms with Gasteiger partial charge in [0.05, 0.1) is 5.57 Å². The third-order valence-electron chi connectivity index (χ3n) is 3.27. The lowest BCUT2D eigenvalue weighted by molar-refractivity contribution is -0.114. The molecule has 0 saturated carbocycles. The molecule has 0 aliphatic carbocycles. The van der Waals surface area contributed by atoms with Crippen LogP contribution in [0.4, 0.5) is 5.69 Å². The molecule has 0 aromatic heterocycles. The average molecular weight is 280 g/mol. The van der Waals surface area contributed by atoms with Crippen molar-refractivity contribution in [2.45, 2.75) is 0 Å². The van der Waals surface area contributed by atoms with Gasteiger partial charge < -0.3 is 15.8 Å². The largest absolute Gasteiger partial charge is 0.473 e. The summed E-state index contributed by atoms with van der Waals surface area (Å²) in [6.45, 7) is -0.00229. The number of hydrogen-bond donors (Lipinski definition) is 2. The lowest BCUT2D eigenvalue weighted by Gasteiger charge is -2.09. The number of fused-ring (bicyclic) bond motifs is 1. The zero-order chi connectivity index (χ0) is 14.8. The molecule has 1 heterocycles. The van der Waals surface area contributed by atoms with Crippen LogP contribution in [0.5, 0.6) is 0 Å². The van der Waals surface area contributed by atoms with Gasteiger partial charge in [-0.1, -0.05) is 30.3 Å². The van der Waals surface area contributed by atoms with E-state index in [0.29, 0.717) is 0 Å². The van der Waals surface area contributed by atoms with Crippen LogP contribution >= 0.6 is 0 Å². The number of carbonyl (C=O) groups is 1. The number of hydrogen-bond acceptors (Lipinski definition) is 4. The van der Waals surface area contributed by atoms with E-state index in [4.69, 9.17) is 10.5 Å². The molecule has 5 nitrogen and oxygen atoms in total. The Kier molecular flexibility index (Phi) is 3.18. The van der Waals surface area contributed by atoms with Crippen LogP contribution in [0.1, 0.15) is 0 Å². The van der Waals surface area contributed by atoms with E-state index < -0.39 is 5.91 Å². The summed E-state index contributed by atoms with van der Waals surface area (Å²) in [6, 6.07) is 13.6. The number of nitrogens with one attached hydrogen (secondary N) is 1. The van der Waals surface area contributed by atoms with Crippen LogP contribution in [0.15, 0.2) is 59.5 Å². The van der Waals surface area contributed by atoms with Crippen molar-refractivity contribution in [3.63, 3.8) is 0 Å². The molecule has 1 amide bonds. The van der Waals surface area contributed by atoms with Crippen molar-refractivity contribution in [3.05, 3.63) is 59.5 Å². The first-order valence-electron chi connectivity index (χ1n) is 6.36. The lowest BCUT2D eigenvalue weighted by atomic mass is 10.1. The molecule has 1 aliphatic heterocycles. The van der Waals surface area contributed by atoms with E-state index in [1.807, 2.05) is 42.5 Å². The predicted octanol–water partition coefficient (Wildman–Crippen LogP) is 1.74. The summed E-state index contributed by atoms with van der Waals surface area (Å²) < 4.78 is 5.31. The quantitative estimate of drug-likeness (QED) is 0.839. The van der Waals surface area contributed by atoms with Crippen LogP contribution in [0.25, 0.3) is 10.8 Å². The van der Waals surface area contributed by atoms with E-state index in [0.717, 1.165) is 16.5 Å². The summed E-state index contributed by atoms with van der Waals surface area (Å²) in [6.07, 6.45) is 0. The zero-order valence-electron chi connectivity index (χ0n) is 11.1. The zero-order valence-corrected chi connectivity index (χ0v) is 11.1. The van der Waals surface area contributed by atoms with Crippen molar-refractivity contribution in [1.82, 2.24) is 0 Å². The van der Waals surface area contributed by atoms with E-state index in [1.54, 1.807) is 5.94 Å². The first-order chi connectivity index (χ1) is 10.2. The van der Waals surface area contributed by atoms with Crippen molar-refractivity contribution in [3.8, 4) is 0 Å². The summed E-state index contributed by atoms with van der Waals surface area (Å²) in [5.41, 5.74) is 6.21. The van der Waals surface area contributed by atoms with Crippen LogP contribution in [0, 0.1) is 0 Å². The highest BCUT2D eigenvalue weighted by Gasteiger charge is 2.27. The number of rotatable bonds is 3. The molecule has 0 fully saturated rings. The van der Waals surface area contributed by atoms with E-state index in [1.165, 1.54) is 0 Å². The first-order valence-corrected chi connectivity index (χ1v) is 6.36. The monoisotopic (exact) mass is 280 g/mol. The predicted molar refractivity (Wildman–Crippen MR) is 78.9 cm³/mol. The molecule has 1 aliphatic rings. The fraction of sp³-hybridized carbons (Fsp3) is 0.0625. The maximum absolute atomic E-state index is 11.4. The fourth-order valence-electron chi connectivity index (χ4n) is 2.26. The topological polar surface area (TPSA) is 81.4 Å². The molecule has 0 atom stereocenters. The van der Waals surface area contributed by atoms with Crippen LogP contribution in [0.2, 0.25) is 0 Å². The average Bonchev–Trinajstić information content (AvgIpc) is 2.90. The van der Waals surface area contributed by atoms with E-state index in [-0.39, 0.29) is 23.6 Å². The smallest absolute Gasteiger partial charge is 0.255 e. The molecular formula is C16H12N2O3. The maximum Gasteiger partial charge on any atom is 0.255 e. The molecule has 3 N–H and O–H groups in total. The van der Waals surface area contributed by atoms with Crippen molar-refractivity contribution in [1.29, 1.82) is 0 Å². The van der Waals surface area contributed by atoms with Gasteiger partial charge in [0.2, 0.25) is 5.88 Å². The third-order valence-corrected chi connectivity index (χ3v) is 3.27. The maximum atomic E-state index is 11.4. The van der Waals surface area contributed by atoms with E-state index in [9.17, 15) is 9.59 Å². The molecule has 0 bridgehead atoms. The minimum Gasteiger partial charge on any atom is -0.473 e. The van der Waals surface area contributed by atoms with Gasteiger partial charge in [0.15, 0.2) is 0 Å². The summed E-state index contributed by atoms with van der Waals surface area (Å²) in [7, 11) is 0. The van der Waals surface area contributed by atoms with Gasteiger partial charge in [0, 0.05) is 5.69 Å². The standard InChI is InChI=1S/C16H12N2O3/c17-15(20)14-12(8-19)9-21-16(14)18-13-6-5-10-3-1-2-4-11(10)7-13/h1-7,18H,9H2,(H2,17,20). The van der Waals surface area contributed by atoms with Crippen LogP contribution < -0.4 is 11.1 Å². The molecule has 0 unspecified atom stereocenters. The van der Waals surface area contributed by atoms with Crippen molar-refractivity contribution in [2.24, 2.45) is 5.73 Å². The van der Waals surface area contributed by atoms with Gasteiger partial charge in [-0.2, -0.15) is 0 Å². The minimum absolute atomic E-state index is 0.00229. The number of primary amides is 1. The van der Waals surface area contributed by atoms with Gasteiger partial charge in [-0.05, 0) is 22.9 Å². The number of carbonyl (C=O) groups excluding carboxylic acids is 2. The van der Waals surface area contributed by atoms with Gasteiger partial charge in [0.1, 0.15) is 18.1 Å². The number of nitrogens with two attached hydrogens (primary N) is 1. The minimum atomic E-state index is -0.714. The Balaban J connectivity index is 1.99. The molecule has 0 spiro atoms. The van der Waals surface area contributed by atoms with Crippen LogP contribution in [0.3, 0.4) is 0 Å². The highest BCUT2D eigenvalue weighted by Crippen LogP contribution is 2.26. The van der Waals surface area contributed by atoms with E-state index in [2.05, 4.69) is 5.32 Å². The second kappa shape index (κ2) is 5.15. The Hall–Kier alpha value is -3.04. The van der Waals surface area contributed by atoms with Crippen molar-refractivity contribution in [2.75, 3.05) is 11.9 Å². The molecule has 0 radical (unpaired) electrons. The Bertz CT molecular complexity index is 817. The number of benzene rings is 2. The summed E-state index contributed by atoms with van der Waals surface area (Å²) in [5, 5.41) is 5.14. The first kappa shape index (κ1) is 13.0. The number of amides is 1. The molecule has 3 rings (SSSR count). The molecule has 0 saturated heterocycles. The van der Waals surface area contributed by atoms with Crippen LogP contribution in [-0.4, -0.2) is 18.5 Å². The van der Waals surface area contributed by atoms with Gasteiger partial charge in [-0.25, -0.2) is 4.79 Å². The molecule has 5 heteroatoms. The highest BCUT2D eigenvalue weighted by atomic mass is 16.5. The van der Waals surface area contributed by atoms with Gasteiger partial charge in [-0.3, -0.25) is 4.79 Å². The second-order valence-corrected chi connectivity index (χ2v) is 4.62. The molecule has 2 aromatic carbocycles. The third kappa shape index (κ3) is 2.38. The summed E-state index contributed by atoms with van der Waals surface area (Å²) in [5.74, 6) is 1.16. The molecule has 104 valence electrons. The Morgan fingerprint density at radius 2 is 1.95 bits per heavy atom. The van der Waals surface area contributed by atoms with Crippen molar-refractivity contribution >= 4 is 28.3 Å². The molecule has 21 heavy (non-hydrogen) atoms. The van der Waals surface area contributed by atoms with Gasteiger partial charge in [-0.15, -0.1) is 0 Å². The SMILES string of the molecule is NC(=O)C1=C(Nc2ccc3ccccc3c2)OCC1=C=O. The normalized spacial score (nSPS) is 14.0. The van der Waals surface area contributed by atoms with E-state index >= 15 is 0 Å². The lowest BCUT2D eigenvalue weighted by Crippen LogP contribution is -2.17. The molecular weight excluding hydrogens is 268 g/mol. The van der Waals surface area contributed by atoms with Gasteiger partial charge >= 0.3 is 0 Å². The summed E-state index contributed by atoms with van der Waals surface area (Å²) >= 11 is 0. The van der Waals surface area contributed by atoms with Gasteiger partial charge in [0.25, 0.3) is 5.91 Å². The number of anilines is 1. The summed E-state index contributed by atoms with van der Waals surface area (Å²) in [4.78, 5) is 22.2.